The van der Waals surface area contributed by atoms with E-state index >= 15 is 0 Å². The summed E-state index contributed by atoms with van der Waals surface area (Å²) in [6, 6.07) is 8.30. The Balaban J connectivity index is 1.37. The highest BCUT2D eigenvalue weighted by atomic mass is 16.5. The molecule has 1 aromatic carbocycles. The Kier molecular flexibility index (Phi) is 4.76. The molecule has 3 atom stereocenters. The molecule has 4 rings (SSSR count). The minimum absolute atomic E-state index is 0.0249. The van der Waals surface area contributed by atoms with Crippen molar-refractivity contribution in [3.05, 3.63) is 36.0 Å². The molecule has 2 heterocycles. The van der Waals surface area contributed by atoms with Crippen LogP contribution in [0, 0.1) is 0 Å². The number of aliphatic hydroxyl groups is 1. The fourth-order valence-corrected chi connectivity index (χ4v) is 4.89. The Bertz CT molecular complexity index is 786. The maximum atomic E-state index is 12.8. The number of nitrogens with zero attached hydrogens (tertiary/aromatic N) is 1. The van der Waals surface area contributed by atoms with E-state index in [-0.39, 0.29) is 23.7 Å². The maximum absolute atomic E-state index is 12.8. The number of H-pyrrole nitrogens is 1. The predicted octanol–water partition coefficient (Wildman–Crippen LogP) is 3.02. The summed E-state index contributed by atoms with van der Waals surface area (Å²) < 4.78 is 5.83. The lowest BCUT2D eigenvalue weighted by Crippen LogP contribution is -2.52. The van der Waals surface area contributed by atoms with E-state index in [1.807, 2.05) is 17.0 Å². The summed E-state index contributed by atoms with van der Waals surface area (Å²) in [5, 5.41) is 11.3. The predicted molar refractivity (Wildman–Crippen MR) is 101 cm³/mol. The van der Waals surface area contributed by atoms with Gasteiger partial charge in [0.25, 0.3) is 0 Å². The van der Waals surface area contributed by atoms with E-state index in [2.05, 4.69) is 23.3 Å². The molecule has 2 N–H and O–H groups in total. The van der Waals surface area contributed by atoms with E-state index < -0.39 is 0 Å². The highest BCUT2D eigenvalue weighted by Gasteiger charge is 2.52. The number of likely N-dealkylation sites (tertiary alicyclic amines) is 1. The number of aliphatic hydroxyl groups excluding tert-OH is 1. The number of amides is 1. The zero-order chi connectivity index (χ0) is 18.1. The number of fused-ring (bicyclic) bond motifs is 2. The number of rotatable bonds is 5. The van der Waals surface area contributed by atoms with Crippen molar-refractivity contribution in [2.24, 2.45) is 0 Å². The van der Waals surface area contributed by atoms with Crippen molar-refractivity contribution in [2.75, 3.05) is 13.7 Å². The molecule has 2 aliphatic rings. The lowest BCUT2D eigenvalue weighted by Gasteiger charge is -2.42. The van der Waals surface area contributed by atoms with Gasteiger partial charge in [0.2, 0.25) is 5.91 Å². The van der Waals surface area contributed by atoms with Crippen LogP contribution in [0.4, 0.5) is 0 Å². The Hall–Kier alpha value is -1.85. The zero-order valence-corrected chi connectivity index (χ0v) is 15.4. The number of carbonyl (C=O) groups excluding carboxylic acids is 1. The van der Waals surface area contributed by atoms with Gasteiger partial charge in [0.1, 0.15) is 0 Å². The standard InChI is InChI=1S/C21H28N2O3/c1-26-21-10-9-16(24)13-19(21)23(12-11-21)20(25)8-4-5-15-14-22-18-7-3-2-6-17(15)18/h2-3,6-7,14,16,19,22,24H,4-5,8-13H2,1H3/t16-,19+,21-/m1/s1. The summed E-state index contributed by atoms with van der Waals surface area (Å²) in [6.07, 6.45) is 7.16. The second-order valence-corrected chi connectivity index (χ2v) is 7.76. The van der Waals surface area contributed by atoms with Crippen LogP contribution in [-0.4, -0.2) is 52.3 Å². The van der Waals surface area contributed by atoms with Crippen LogP contribution >= 0.6 is 0 Å². The Morgan fingerprint density at radius 1 is 1.38 bits per heavy atom. The molecule has 1 aliphatic heterocycles. The molecule has 1 amide bonds. The highest BCUT2D eigenvalue weighted by molar-refractivity contribution is 5.83. The number of para-hydroxylation sites is 1. The van der Waals surface area contributed by atoms with Gasteiger partial charge in [0, 0.05) is 37.2 Å². The van der Waals surface area contributed by atoms with Gasteiger partial charge in [-0.3, -0.25) is 4.79 Å². The number of hydrogen-bond donors (Lipinski definition) is 2. The summed E-state index contributed by atoms with van der Waals surface area (Å²) in [7, 11) is 1.75. The van der Waals surface area contributed by atoms with E-state index in [9.17, 15) is 9.90 Å². The minimum Gasteiger partial charge on any atom is -0.393 e. The van der Waals surface area contributed by atoms with Crippen LogP contribution in [0.3, 0.4) is 0 Å². The van der Waals surface area contributed by atoms with Crippen molar-refractivity contribution < 1.29 is 14.6 Å². The third-order valence-corrected chi connectivity index (χ3v) is 6.39. The molecule has 1 saturated carbocycles. The summed E-state index contributed by atoms with van der Waals surface area (Å²) in [4.78, 5) is 18.1. The fraction of sp³-hybridized carbons (Fsp3) is 0.571. The van der Waals surface area contributed by atoms with Gasteiger partial charge in [-0.1, -0.05) is 18.2 Å². The molecule has 5 nitrogen and oxygen atoms in total. The van der Waals surface area contributed by atoms with Gasteiger partial charge in [-0.05, 0) is 50.2 Å². The molecule has 5 heteroatoms. The first-order valence-electron chi connectivity index (χ1n) is 9.71. The number of benzene rings is 1. The van der Waals surface area contributed by atoms with Gasteiger partial charge >= 0.3 is 0 Å². The molecule has 0 bridgehead atoms. The smallest absolute Gasteiger partial charge is 0.222 e. The molecular formula is C21H28N2O3. The Morgan fingerprint density at radius 3 is 3.08 bits per heavy atom. The first-order valence-corrected chi connectivity index (χ1v) is 9.71. The number of hydrogen-bond acceptors (Lipinski definition) is 3. The van der Waals surface area contributed by atoms with Crippen LogP contribution in [0.25, 0.3) is 10.9 Å². The van der Waals surface area contributed by atoms with Gasteiger partial charge in [0.05, 0.1) is 17.7 Å². The monoisotopic (exact) mass is 356 g/mol. The number of nitrogens with one attached hydrogen (secondary N) is 1. The first kappa shape index (κ1) is 17.6. The van der Waals surface area contributed by atoms with Crippen LogP contribution in [0.15, 0.2) is 30.5 Å². The average Bonchev–Trinajstić information content (AvgIpc) is 3.24. The van der Waals surface area contributed by atoms with Crippen LogP contribution in [0.5, 0.6) is 0 Å². The van der Waals surface area contributed by atoms with E-state index in [0.717, 1.165) is 44.2 Å². The summed E-state index contributed by atoms with van der Waals surface area (Å²) in [6.45, 7) is 0.747. The molecule has 1 aliphatic carbocycles. The average molecular weight is 356 g/mol. The molecule has 0 unspecified atom stereocenters. The fourth-order valence-electron chi connectivity index (χ4n) is 4.89. The van der Waals surface area contributed by atoms with Gasteiger partial charge in [-0.25, -0.2) is 0 Å². The molecule has 1 saturated heterocycles. The lowest BCUT2D eigenvalue weighted by molar-refractivity contribution is -0.139. The molecular weight excluding hydrogens is 328 g/mol. The third kappa shape index (κ3) is 3.03. The number of carbonyl (C=O) groups is 1. The van der Waals surface area contributed by atoms with Crippen LogP contribution in [-0.2, 0) is 16.0 Å². The maximum Gasteiger partial charge on any atom is 0.222 e. The van der Waals surface area contributed by atoms with Gasteiger partial charge < -0.3 is 19.7 Å². The number of methoxy groups -OCH3 is 1. The number of aromatic nitrogens is 1. The largest absolute Gasteiger partial charge is 0.393 e. The van der Waals surface area contributed by atoms with Crippen LogP contribution in [0.2, 0.25) is 0 Å². The normalized spacial score (nSPS) is 28.5. The summed E-state index contributed by atoms with van der Waals surface area (Å²) >= 11 is 0. The third-order valence-electron chi connectivity index (χ3n) is 6.39. The summed E-state index contributed by atoms with van der Waals surface area (Å²) in [5.74, 6) is 0.197. The van der Waals surface area contributed by atoms with E-state index in [0.29, 0.717) is 12.8 Å². The van der Waals surface area contributed by atoms with Crippen LogP contribution < -0.4 is 0 Å². The number of ether oxygens (including phenoxy) is 1. The first-order chi connectivity index (χ1) is 12.6. The van der Waals surface area contributed by atoms with E-state index in [1.54, 1.807) is 7.11 Å². The highest BCUT2D eigenvalue weighted by Crippen LogP contribution is 2.42. The van der Waals surface area contributed by atoms with Crippen molar-refractivity contribution in [1.29, 1.82) is 0 Å². The van der Waals surface area contributed by atoms with E-state index in [1.165, 1.54) is 10.9 Å². The van der Waals surface area contributed by atoms with Crippen molar-refractivity contribution in [1.82, 2.24) is 9.88 Å². The molecule has 0 spiro atoms. The number of aromatic amines is 1. The minimum atomic E-state index is -0.317. The topological polar surface area (TPSA) is 65.6 Å². The lowest BCUT2D eigenvalue weighted by atomic mass is 9.79. The second-order valence-electron chi connectivity index (χ2n) is 7.76. The second kappa shape index (κ2) is 7.05. The molecule has 0 radical (unpaired) electrons. The quantitative estimate of drug-likeness (QED) is 0.865. The Morgan fingerprint density at radius 2 is 2.23 bits per heavy atom. The van der Waals surface area contributed by atoms with Crippen molar-refractivity contribution in [3.8, 4) is 0 Å². The number of aryl methyl sites for hydroxylation is 1. The van der Waals surface area contributed by atoms with Crippen molar-refractivity contribution in [2.45, 2.75) is 62.7 Å². The van der Waals surface area contributed by atoms with Crippen molar-refractivity contribution in [3.63, 3.8) is 0 Å². The zero-order valence-electron chi connectivity index (χ0n) is 15.4. The molecule has 2 fully saturated rings. The molecule has 26 heavy (non-hydrogen) atoms. The summed E-state index contributed by atoms with van der Waals surface area (Å²) in [5.41, 5.74) is 2.18. The van der Waals surface area contributed by atoms with Gasteiger partial charge in [-0.15, -0.1) is 0 Å². The van der Waals surface area contributed by atoms with Crippen LogP contribution in [0.1, 0.15) is 44.1 Å². The molecule has 2 aromatic rings. The molecule has 140 valence electrons. The van der Waals surface area contributed by atoms with Gasteiger partial charge in [0.15, 0.2) is 0 Å². The molecule has 1 aromatic heterocycles. The van der Waals surface area contributed by atoms with Gasteiger partial charge in [-0.2, -0.15) is 0 Å². The SMILES string of the molecule is CO[C@@]12CC[C@@H](O)C[C@@H]1N(C(=O)CCCc1c[nH]c3ccccc13)CC2. The van der Waals surface area contributed by atoms with E-state index in [4.69, 9.17) is 4.74 Å². The Labute approximate surface area is 154 Å². The van der Waals surface area contributed by atoms with Crippen molar-refractivity contribution >= 4 is 16.8 Å².